The molecule has 0 saturated heterocycles. The van der Waals surface area contributed by atoms with Crippen LogP contribution in [0.2, 0.25) is 0 Å². The molecule has 41 heavy (non-hydrogen) atoms. The summed E-state index contributed by atoms with van der Waals surface area (Å²) in [5, 5.41) is 0.312. The van der Waals surface area contributed by atoms with Crippen LogP contribution in [0.25, 0.3) is 28.0 Å². The van der Waals surface area contributed by atoms with E-state index in [0.29, 0.717) is 49.4 Å². The maximum Gasteiger partial charge on any atom is 0.355 e. The summed E-state index contributed by atoms with van der Waals surface area (Å²) < 4.78 is 36.7. The number of aromatic nitrogens is 4. The van der Waals surface area contributed by atoms with E-state index in [1.165, 1.54) is 28.8 Å². The highest BCUT2D eigenvalue weighted by Crippen LogP contribution is 2.32. The van der Waals surface area contributed by atoms with Gasteiger partial charge in [0.25, 0.3) is 0 Å². The molecule has 1 aromatic carbocycles. The third kappa shape index (κ3) is 6.53. The minimum Gasteiger partial charge on any atom is -0.383 e. The molecule has 4 aromatic rings. The van der Waals surface area contributed by atoms with Crippen molar-refractivity contribution in [3.8, 4) is 16.9 Å². The van der Waals surface area contributed by atoms with Crippen LogP contribution in [0.1, 0.15) is 37.4 Å². The largest absolute Gasteiger partial charge is 0.383 e. The Hall–Kier alpha value is -4.34. The molecule has 0 amide bonds. The molecule has 214 valence electrons. The maximum absolute atomic E-state index is 15.6. The average molecular weight is 562 g/mol. The first kappa shape index (κ1) is 29.6. The lowest BCUT2D eigenvalue weighted by Gasteiger charge is -2.23. The Morgan fingerprint density at radius 3 is 2.59 bits per heavy atom. The van der Waals surface area contributed by atoms with Gasteiger partial charge < -0.3 is 9.64 Å². The fraction of sp³-hybridized carbons (Fsp3) is 0.367. The summed E-state index contributed by atoms with van der Waals surface area (Å²) in [6.45, 7) is 7.70. The van der Waals surface area contributed by atoms with Gasteiger partial charge in [-0.2, -0.15) is 4.98 Å². The van der Waals surface area contributed by atoms with Gasteiger partial charge in [-0.05, 0) is 49.1 Å². The van der Waals surface area contributed by atoms with E-state index in [2.05, 4.69) is 30.9 Å². The molecule has 0 unspecified atom stereocenters. The molecule has 0 aliphatic heterocycles. The Morgan fingerprint density at radius 1 is 1.10 bits per heavy atom. The van der Waals surface area contributed by atoms with Crippen LogP contribution in [0, 0.1) is 18.6 Å². The van der Waals surface area contributed by atoms with Gasteiger partial charge in [-0.15, -0.1) is 0 Å². The summed E-state index contributed by atoms with van der Waals surface area (Å²) >= 11 is 0. The van der Waals surface area contributed by atoms with Crippen molar-refractivity contribution in [1.29, 1.82) is 0 Å². The zero-order chi connectivity index (χ0) is 29.5. The highest BCUT2D eigenvalue weighted by Gasteiger charge is 2.24. The van der Waals surface area contributed by atoms with Crippen LogP contribution in [-0.2, 0) is 4.74 Å². The number of aliphatic imine (C=N–C) groups is 2. The van der Waals surface area contributed by atoms with E-state index in [-0.39, 0.29) is 28.6 Å². The topological polar surface area (TPSA) is 97.9 Å². The lowest BCUT2D eigenvalue weighted by Crippen LogP contribution is -2.30. The number of rotatable bonds is 11. The smallest absolute Gasteiger partial charge is 0.355 e. The molecule has 0 aliphatic carbocycles. The number of ether oxygens (including phenoxy) is 1. The van der Waals surface area contributed by atoms with Crippen LogP contribution < -0.4 is 10.6 Å². The minimum atomic E-state index is -0.729. The van der Waals surface area contributed by atoms with Gasteiger partial charge in [-0.1, -0.05) is 26.0 Å². The van der Waals surface area contributed by atoms with Crippen molar-refractivity contribution >= 4 is 22.9 Å². The third-order valence-corrected chi connectivity index (χ3v) is 6.53. The zero-order valence-electron chi connectivity index (χ0n) is 23.9. The molecule has 3 heterocycles. The molecule has 4 rings (SSSR count). The Balaban J connectivity index is 1.87. The molecule has 11 heteroatoms. The number of hydrogen-bond acceptors (Lipinski definition) is 8. The summed E-state index contributed by atoms with van der Waals surface area (Å²) in [6, 6.07) is 11.5. The predicted octanol–water partition coefficient (Wildman–Crippen LogP) is 5.20. The summed E-state index contributed by atoms with van der Waals surface area (Å²) in [5.41, 5.74) is 1.33. The van der Waals surface area contributed by atoms with Gasteiger partial charge in [0.1, 0.15) is 23.1 Å². The SMILES string of the molecule is COCCN=C=NCCCN(C)c1nc(=O)n(-c2c(C)ccnc2C(C)C)c2nc(-c3ccccc3F)c(F)cc12. The molecule has 0 bridgehead atoms. The second kappa shape index (κ2) is 13.3. The highest BCUT2D eigenvalue weighted by molar-refractivity contribution is 5.90. The van der Waals surface area contributed by atoms with Gasteiger partial charge in [0, 0.05) is 32.5 Å². The second-order valence-electron chi connectivity index (χ2n) is 9.87. The van der Waals surface area contributed by atoms with E-state index in [4.69, 9.17) is 4.74 Å². The van der Waals surface area contributed by atoms with Crippen molar-refractivity contribution in [2.24, 2.45) is 9.98 Å². The number of halogens is 2. The van der Waals surface area contributed by atoms with E-state index in [0.717, 1.165) is 5.56 Å². The number of methoxy groups -OCH3 is 1. The minimum absolute atomic E-state index is 0.00497. The van der Waals surface area contributed by atoms with E-state index < -0.39 is 17.3 Å². The van der Waals surface area contributed by atoms with Crippen LogP contribution in [0.4, 0.5) is 14.6 Å². The number of fused-ring (bicyclic) bond motifs is 1. The van der Waals surface area contributed by atoms with Crippen LogP contribution in [0.5, 0.6) is 0 Å². The van der Waals surface area contributed by atoms with Crippen molar-refractivity contribution in [2.75, 3.05) is 45.3 Å². The number of hydrogen-bond donors (Lipinski definition) is 0. The Morgan fingerprint density at radius 2 is 1.85 bits per heavy atom. The fourth-order valence-corrected chi connectivity index (χ4v) is 4.50. The van der Waals surface area contributed by atoms with Crippen LogP contribution in [0.3, 0.4) is 0 Å². The molecule has 9 nitrogen and oxygen atoms in total. The second-order valence-corrected chi connectivity index (χ2v) is 9.87. The van der Waals surface area contributed by atoms with Gasteiger partial charge in [0.05, 0.1) is 42.5 Å². The monoisotopic (exact) mass is 561 g/mol. The van der Waals surface area contributed by atoms with Crippen molar-refractivity contribution in [3.05, 3.63) is 76.0 Å². The van der Waals surface area contributed by atoms with Gasteiger partial charge in [0.15, 0.2) is 5.65 Å². The Kier molecular flexibility index (Phi) is 9.65. The number of benzene rings is 1. The first-order chi connectivity index (χ1) is 19.7. The van der Waals surface area contributed by atoms with Gasteiger partial charge in [-0.25, -0.2) is 33.1 Å². The number of aryl methyl sites for hydroxylation is 1. The van der Waals surface area contributed by atoms with E-state index in [1.54, 1.807) is 37.4 Å². The normalized spacial score (nSPS) is 11.1. The van der Waals surface area contributed by atoms with Crippen molar-refractivity contribution < 1.29 is 13.5 Å². The molecule has 0 atom stereocenters. The molecule has 3 aromatic heterocycles. The van der Waals surface area contributed by atoms with Gasteiger partial charge >= 0.3 is 5.69 Å². The van der Waals surface area contributed by atoms with Crippen LogP contribution >= 0.6 is 0 Å². The molecule has 0 fully saturated rings. The summed E-state index contributed by atoms with van der Waals surface area (Å²) in [4.78, 5) is 37.1. The highest BCUT2D eigenvalue weighted by atomic mass is 19.1. The molecule has 0 N–H and O–H groups in total. The summed E-state index contributed by atoms with van der Waals surface area (Å²) in [7, 11) is 3.36. The first-order valence-electron chi connectivity index (χ1n) is 13.4. The van der Waals surface area contributed by atoms with E-state index in [9.17, 15) is 9.18 Å². The Labute approximate surface area is 237 Å². The lowest BCUT2D eigenvalue weighted by atomic mass is 10.0. The van der Waals surface area contributed by atoms with Crippen molar-refractivity contribution in [1.82, 2.24) is 19.5 Å². The number of pyridine rings is 2. The van der Waals surface area contributed by atoms with Gasteiger partial charge in [-0.3, -0.25) is 4.98 Å². The Bertz CT molecular complexity index is 1660. The zero-order valence-corrected chi connectivity index (χ0v) is 23.9. The van der Waals surface area contributed by atoms with E-state index in [1.807, 2.05) is 20.8 Å². The first-order valence-corrected chi connectivity index (χ1v) is 13.4. The number of anilines is 1. The van der Waals surface area contributed by atoms with E-state index >= 15 is 4.39 Å². The third-order valence-electron chi connectivity index (χ3n) is 6.53. The quantitative estimate of drug-likeness (QED) is 0.184. The molecular formula is C30H33F2N7O2. The van der Waals surface area contributed by atoms with Gasteiger partial charge in [0.2, 0.25) is 0 Å². The van der Waals surface area contributed by atoms with Crippen LogP contribution in [-0.4, -0.2) is 65.9 Å². The molecule has 0 spiro atoms. The summed E-state index contributed by atoms with van der Waals surface area (Å²) in [5.74, 6) is -1.12. The average Bonchev–Trinajstić information content (AvgIpc) is 2.94. The molecular weight excluding hydrogens is 528 g/mol. The molecule has 0 aliphatic rings. The summed E-state index contributed by atoms with van der Waals surface area (Å²) in [6.07, 6.45) is 2.29. The molecule has 0 radical (unpaired) electrons. The standard InChI is InChI=1S/C30H33F2N7O2/c1-19(2)25-27(20(3)11-13-35-25)39-29-22(17-24(32)26(36-29)21-9-6-7-10-23(21)31)28(37-30(39)40)38(4)15-8-12-33-18-34-14-16-41-5/h6-7,9-11,13,17,19H,8,12,14-16H2,1-5H3. The predicted molar refractivity (Wildman–Crippen MR) is 156 cm³/mol. The molecule has 0 saturated carbocycles. The van der Waals surface area contributed by atoms with Crippen molar-refractivity contribution in [3.63, 3.8) is 0 Å². The lowest BCUT2D eigenvalue weighted by molar-refractivity contribution is 0.208. The van der Waals surface area contributed by atoms with Crippen molar-refractivity contribution in [2.45, 2.75) is 33.1 Å². The van der Waals surface area contributed by atoms with Crippen LogP contribution in [0.15, 0.2) is 57.4 Å². The fourth-order valence-electron chi connectivity index (χ4n) is 4.50. The number of nitrogens with zero attached hydrogens (tertiary/aromatic N) is 7. The maximum atomic E-state index is 15.6.